The normalized spacial score (nSPS) is 12.7. The van der Waals surface area contributed by atoms with Gasteiger partial charge in [-0.05, 0) is 67.5 Å². The summed E-state index contributed by atoms with van der Waals surface area (Å²) < 4.78 is 2.27. The molecule has 2 aromatic rings. The molecule has 0 fully saturated rings. The Hall–Kier alpha value is 0.360. The standard InChI is InChI=1S/C15H15Br3S/c1-3-9-5-6-11(7-10(9)4-2)14(17)13-8-12(16)15(18)19-13/h5-8,14H,3-4H2,1-2H3. The molecule has 0 aliphatic carbocycles. The van der Waals surface area contributed by atoms with Crippen LogP contribution in [0.3, 0.4) is 0 Å². The van der Waals surface area contributed by atoms with E-state index in [1.54, 1.807) is 11.3 Å². The van der Waals surface area contributed by atoms with E-state index in [2.05, 4.69) is 85.9 Å². The van der Waals surface area contributed by atoms with Crippen LogP contribution in [0, 0.1) is 0 Å². The second-order valence-corrected chi connectivity index (χ2v) is 8.54. The molecular weight excluding hydrogens is 452 g/mol. The molecule has 0 nitrogen and oxygen atoms in total. The number of hydrogen-bond acceptors (Lipinski definition) is 1. The molecular formula is C15H15Br3S. The first-order valence-electron chi connectivity index (χ1n) is 6.27. The fourth-order valence-corrected chi connectivity index (χ4v) is 4.92. The molecule has 0 bridgehead atoms. The van der Waals surface area contributed by atoms with Crippen molar-refractivity contribution in [2.24, 2.45) is 0 Å². The zero-order valence-corrected chi connectivity index (χ0v) is 16.4. The number of alkyl halides is 1. The molecule has 0 spiro atoms. The van der Waals surface area contributed by atoms with Crippen LogP contribution in [0.15, 0.2) is 32.5 Å². The summed E-state index contributed by atoms with van der Waals surface area (Å²) in [6.07, 6.45) is 2.20. The number of thiophene rings is 1. The highest BCUT2D eigenvalue weighted by molar-refractivity contribution is 9.13. The molecule has 1 aromatic heterocycles. The van der Waals surface area contributed by atoms with Crippen LogP contribution in [0.25, 0.3) is 0 Å². The number of aryl methyl sites for hydroxylation is 2. The summed E-state index contributed by atoms with van der Waals surface area (Å²) in [6, 6.07) is 9.01. The second-order valence-electron chi connectivity index (χ2n) is 4.37. The Balaban J connectivity index is 2.35. The van der Waals surface area contributed by atoms with Crippen LogP contribution in [-0.4, -0.2) is 0 Å². The van der Waals surface area contributed by atoms with E-state index in [0.717, 1.165) is 21.1 Å². The minimum atomic E-state index is 0.260. The SMILES string of the molecule is CCc1ccc(C(Br)c2cc(Br)c(Br)s2)cc1CC. The zero-order chi connectivity index (χ0) is 14.0. The molecule has 0 radical (unpaired) electrons. The van der Waals surface area contributed by atoms with E-state index in [-0.39, 0.29) is 4.83 Å². The second kappa shape index (κ2) is 6.88. The van der Waals surface area contributed by atoms with Gasteiger partial charge in [0.2, 0.25) is 0 Å². The van der Waals surface area contributed by atoms with Gasteiger partial charge in [0.25, 0.3) is 0 Å². The topological polar surface area (TPSA) is 0 Å². The largest absolute Gasteiger partial charge is 0.131 e. The molecule has 1 aromatic carbocycles. The average Bonchev–Trinajstić information content (AvgIpc) is 2.77. The van der Waals surface area contributed by atoms with Crippen LogP contribution in [0.2, 0.25) is 0 Å². The molecule has 19 heavy (non-hydrogen) atoms. The summed E-state index contributed by atoms with van der Waals surface area (Å²) in [5, 5.41) is 0. The first-order chi connectivity index (χ1) is 9.06. The molecule has 0 saturated heterocycles. The van der Waals surface area contributed by atoms with Crippen molar-refractivity contribution >= 4 is 59.1 Å². The lowest BCUT2D eigenvalue weighted by atomic mass is 9.98. The summed E-state index contributed by atoms with van der Waals surface area (Å²) in [5.41, 5.74) is 4.24. The van der Waals surface area contributed by atoms with Crippen LogP contribution in [-0.2, 0) is 12.8 Å². The van der Waals surface area contributed by atoms with Gasteiger partial charge in [0.05, 0.1) is 8.61 Å². The van der Waals surface area contributed by atoms with Crippen LogP contribution in [0.1, 0.15) is 40.2 Å². The summed E-state index contributed by atoms with van der Waals surface area (Å²) in [5.74, 6) is 0. The van der Waals surface area contributed by atoms with Gasteiger partial charge in [-0.1, -0.05) is 48.0 Å². The molecule has 1 atom stereocenters. The Morgan fingerprint density at radius 3 is 2.26 bits per heavy atom. The monoisotopic (exact) mass is 464 g/mol. The number of benzene rings is 1. The van der Waals surface area contributed by atoms with Gasteiger partial charge >= 0.3 is 0 Å². The van der Waals surface area contributed by atoms with Crippen molar-refractivity contribution in [1.82, 2.24) is 0 Å². The highest BCUT2D eigenvalue weighted by Gasteiger charge is 2.16. The lowest BCUT2D eigenvalue weighted by molar-refractivity contribution is 1.02. The van der Waals surface area contributed by atoms with Crippen molar-refractivity contribution in [3.05, 3.63) is 54.1 Å². The van der Waals surface area contributed by atoms with Gasteiger partial charge in [-0.25, -0.2) is 0 Å². The Morgan fingerprint density at radius 1 is 1.05 bits per heavy atom. The number of hydrogen-bond donors (Lipinski definition) is 0. The predicted molar refractivity (Wildman–Crippen MR) is 95.7 cm³/mol. The lowest BCUT2D eigenvalue weighted by Crippen LogP contribution is -1.96. The van der Waals surface area contributed by atoms with E-state index >= 15 is 0 Å². The highest BCUT2D eigenvalue weighted by atomic mass is 79.9. The summed E-state index contributed by atoms with van der Waals surface area (Å²) >= 11 is 12.7. The first-order valence-corrected chi connectivity index (χ1v) is 9.59. The molecule has 0 aliphatic rings. The maximum Gasteiger partial charge on any atom is 0.0843 e. The third-order valence-electron chi connectivity index (χ3n) is 3.20. The highest BCUT2D eigenvalue weighted by Crippen LogP contribution is 2.41. The van der Waals surface area contributed by atoms with Gasteiger partial charge in [-0.15, -0.1) is 11.3 Å². The molecule has 1 unspecified atom stereocenters. The predicted octanol–water partition coefficient (Wildman–Crippen LogP) is 6.88. The molecule has 4 heteroatoms. The van der Waals surface area contributed by atoms with E-state index in [0.29, 0.717) is 0 Å². The smallest absolute Gasteiger partial charge is 0.0843 e. The molecule has 0 amide bonds. The fraction of sp³-hybridized carbons (Fsp3) is 0.333. The average molecular weight is 467 g/mol. The van der Waals surface area contributed by atoms with Crippen LogP contribution in [0.5, 0.6) is 0 Å². The zero-order valence-electron chi connectivity index (χ0n) is 10.8. The van der Waals surface area contributed by atoms with Crippen molar-refractivity contribution in [3.63, 3.8) is 0 Å². The van der Waals surface area contributed by atoms with Gasteiger partial charge in [0.15, 0.2) is 0 Å². The van der Waals surface area contributed by atoms with Gasteiger partial charge in [0.1, 0.15) is 0 Å². The van der Waals surface area contributed by atoms with E-state index in [1.807, 2.05) is 0 Å². The van der Waals surface area contributed by atoms with Crippen molar-refractivity contribution in [1.29, 1.82) is 0 Å². The molecule has 0 N–H and O–H groups in total. The van der Waals surface area contributed by atoms with Crippen molar-refractivity contribution in [3.8, 4) is 0 Å². The van der Waals surface area contributed by atoms with Crippen LogP contribution in [0.4, 0.5) is 0 Å². The molecule has 1 heterocycles. The molecule has 0 aliphatic heterocycles. The Kier molecular flexibility index (Phi) is 5.70. The number of halogens is 3. The van der Waals surface area contributed by atoms with Crippen LogP contribution >= 0.6 is 59.1 Å². The number of rotatable bonds is 4. The van der Waals surface area contributed by atoms with Crippen LogP contribution < -0.4 is 0 Å². The fourth-order valence-electron chi connectivity index (χ4n) is 2.13. The third-order valence-corrected chi connectivity index (χ3v) is 7.84. The molecule has 0 saturated carbocycles. The maximum absolute atomic E-state index is 3.82. The van der Waals surface area contributed by atoms with Gasteiger partial charge in [-0.3, -0.25) is 0 Å². The minimum Gasteiger partial charge on any atom is -0.131 e. The van der Waals surface area contributed by atoms with E-state index in [9.17, 15) is 0 Å². The van der Waals surface area contributed by atoms with Crippen molar-refractivity contribution < 1.29 is 0 Å². The Labute approximate surface area is 144 Å². The molecule has 102 valence electrons. The van der Waals surface area contributed by atoms with Gasteiger partial charge in [-0.2, -0.15) is 0 Å². The lowest BCUT2D eigenvalue weighted by Gasteiger charge is -2.12. The first kappa shape index (κ1) is 15.7. The van der Waals surface area contributed by atoms with E-state index < -0.39 is 0 Å². The Morgan fingerprint density at radius 2 is 1.74 bits per heavy atom. The quantitative estimate of drug-likeness (QED) is 0.431. The van der Waals surface area contributed by atoms with E-state index in [1.165, 1.54) is 21.6 Å². The van der Waals surface area contributed by atoms with Gasteiger partial charge < -0.3 is 0 Å². The van der Waals surface area contributed by atoms with Gasteiger partial charge in [0, 0.05) is 9.35 Å². The maximum atomic E-state index is 3.82. The van der Waals surface area contributed by atoms with Crippen molar-refractivity contribution in [2.75, 3.05) is 0 Å². The summed E-state index contributed by atoms with van der Waals surface area (Å²) in [4.78, 5) is 1.57. The van der Waals surface area contributed by atoms with Crippen molar-refractivity contribution in [2.45, 2.75) is 31.5 Å². The minimum absolute atomic E-state index is 0.260. The Bertz CT molecular complexity index is 555. The summed E-state index contributed by atoms with van der Waals surface area (Å²) in [7, 11) is 0. The van der Waals surface area contributed by atoms with E-state index in [4.69, 9.17) is 0 Å². The third kappa shape index (κ3) is 3.52. The summed E-state index contributed by atoms with van der Waals surface area (Å²) in [6.45, 7) is 4.44. The molecule has 2 rings (SSSR count).